The van der Waals surface area contributed by atoms with Crippen LogP contribution in [0.25, 0.3) is 0 Å². The van der Waals surface area contributed by atoms with Gasteiger partial charge in [-0.25, -0.2) is 4.39 Å². The van der Waals surface area contributed by atoms with Crippen molar-refractivity contribution >= 4 is 29.9 Å². The first kappa shape index (κ1) is 24.6. The number of halogens is 2. The van der Waals surface area contributed by atoms with Crippen molar-refractivity contribution in [3.05, 3.63) is 71.0 Å². The van der Waals surface area contributed by atoms with Gasteiger partial charge in [0.15, 0.2) is 5.96 Å². The van der Waals surface area contributed by atoms with E-state index in [1.165, 1.54) is 5.56 Å². The lowest BCUT2D eigenvalue weighted by Crippen LogP contribution is -2.52. The number of hydrogen-bond acceptors (Lipinski definition) is 3. The van der Waals surface area contributed by atoms with E-state index in [2.05, 4.69) is 50.4 Å². The topological polar surface area (TPSA) is 34.1 Å². The van der Waals surface area contributed by atoms with E-state index in [0.717, 1.165) is 49.8 Å². The zero-order valence-corrected chi connectivity index (χ0v) is 20.5. The van der Waals surface area contributed by atoms with Gasteiger partial charge >= 0.3 is 0 Å². The Labute approximate surface area is 197 Å². The summed E-state index contributed by atoms with van der Waals surface area (Å²) < 4.78 is 14.0. The minimum Gasteiger partial charge on any atom is -0.352 e. The van der Waals surface area contributed by atoms with Crippen molar-refractivity contribution in [2.24, 2.45) is 4.99 Å². The number of piperazine rings is 1. The Hall–Kier alpha value is -1.71. The molecule has 0 aromatic heterocycles. The highest BCUT2D eigenvalue weighted by Gasteiger charge is 2.19. The molecule has 1 heterocycles. The Morgan fingerprint density at radius 2 is 1.73 bits per heavy atom. The monoisotopic (exact) mass is 525 g/mol. The Kier molecular flexibility index (Phi) is 10.0. The second-order valence-electron chi connectivity index (χ2n) is 7.81. The van der Waals surface area contributed by atoms with E-state index < -0.39 is 0 Å². The lowest BCUT2D eigenvalue weighted by Gasteiger charge is -2.36. The van der Waals surface area contributed by atoms with Crippen LogP contribution in [0.2, 0.25) is 0 Å². The highest BCUT2D eigenvalue weighted by molar-refractivity contribution is 14.0. The number of guanidine groups is 1. The maximum atomic E-state index is 14.0. The quantitative estimate of drug-likeness (QED) is 0.356. The van der Waals surface area contributed by atoms with Crippen LogP contribution in [0, 0.1) is 5.82 Å². The van der Waals surface area contributed by atoms with Crippen LogP contribution < -0.4 is 5.32 Å². The van der Waals surface area contributed by atoms with Crippen LogP contribution in [0.5, 0.6) is 0 Å². The summed E-state index contributed by atoms with van der Waals surface area (Å²) in [5.41, 5.74) is 3.14. The molecule has 0 saturated carbocycles. The number of rotatable bonds is 6. The number of nitrogens with one attached hydrogen (secondary N) is 1. The van der Waals surface area contributed by atoms with Gasteiger partial charge in [-0.2, -0.15) is 0 Å². The number of nitrogens with zero attached hydrogens (tertiary/aromatic N) is 4. The van der Waals surface area contributed by atoms with Crippen molar-refractivity contribution in [2.45, 2.75) is 19.6 Å². The fourth-order valence-electron chi connectivity index (χ4n) is 3.67. The molecule has 2 aromatic rings. The van der Waals surface area contributed by atoms with Gasteiger partial charge in [-0.1, -0.05) is 36.4 Å². The van der Waals surface area contributed by atoms with Crippen molar-refractivity contribution < 1.29 is 4.39 Å². The molecule has 0 radical (unpaired) electrons. The van der Waals surface area contributed by atoms with Gasteiger partial charge in [0.05, 0.1) is 0 Å². The standard InChI is InChI=1S/C23H32FN5.HI/c1-25-23(26-16-20-9-10-22(24)21(15-20)18-27(2)3)29-13-11-28(12-14-29)17-19-7-5-4-6-8-19;/h4-10,15H,11-14,16-18H2,1-3H3,(H,25,26);1H. The highest BCUT2D eigenvalue weighted by Crippen LogP contribution is 2.13. The summed E-state index contributed by atoms with van der Waals surface area (Å²) in [7, 11) is 5.72. The van der Waals surface area contributed by atoms with E-state index in [-0.39, 0.29) is 29.8 Å². The average molecular weight is 525 g/mol. The fraction of sp³-hybridized carbons (Fsp3) is 0.435. The Balaban J connectivity index is 0.00000320. The van der Waals surface area contributed by atoms with Crippen LogP contribution in [-0.4, -0.2) is 68.0 Å². The van der Waals surface area contributed by atoms with Crippen molar-refractivity contribution in [2.75, 3.05) is 47.3 Å². The fourth-order valence-corrected chi connectivity index (χ4v) is 3.67. The zero-order valence-electron chi connectivity index (χ0n) is 18.1. The van der Waals surface area contributed by atoms with Crippen molar-refractivity contribution in [3.63, 3.8) is 0 Å². The molecule has 164 valence electrons. The van der Waals surface area contributed by atoms with Gasteiger partial charge in [-0.15, -0.1) is 24.0 Å². The third-order valence-electron chi connectivity index (χ3n) is 5.18. The van der Waals surface area contributed by atoms with Crippen LogP contribution in [-0.2, 0) is 19.6 Å². The van der Waals surface area contributed by atoms with Crippen LogP contribution in [0.15, 0.2) is 53.5 Å². The molecule has 1 aliphatic rings. The van der Waals surface area contributed by atoms with Crippen LogP contribution in [0.3, 0.4) is 0 Å². The summed E-state index contributed by atoms with van der Waals surface area (Å²) in [5, 5.41) is 3.44. The van der Waals surface area contributed by atoms with Crippen LogP contribution in [0.4, 0.5) is 4.39 Å². The number of benzene rings is 2. The molecule has 0 bridgehead atoms. The highest BCUT2D eigenvalue weighted by atomic mass is 127. The van der Waals surface area contributed by atoms with E-state index in [0.29, 0.717) is 13.1 Å². The maximum absolute atomic E-state index is 14.0. The van der Waals surface area contributed by atoms with E-state index >= 15 is 0 Å². The molecule has 0 aliphatic carbocycles. The molecule has 1 aliphatic heterocycles. The molecule has 0 atom stereocenters. The van der Waals surface area contributed by atoms with Gasteiger partial charge in [0, 0.05) is 58.4 Å². The number of hydrogen-bond donors (Lipinski definition) is 1. The molecule has 0 unspecified atom stereocenters. The largest absolute Gasteiger partial charge is 0.352 e. The maximum Gasteiger partial charge on any atom is 0.194 e. The first-order valence-electron chi connectivity index (χ1n) is 10.2. The molecule has 3 rings (SSSR count). The normalized spacial score (nSPS) is 15.2. The summed E-state index contributed by atoms with van der Waals surface area (Å²) in [4.78, 5) is 11.2. The Morgan fingerprint density at radius 3 is 2.37 bits per heavy atom. The second-order valence-corrected chi connectivity index (χ2v) is 7.81. The predicted octanol–water partition coefficient (Wildman–Crippen LogP) is 3.40. The van der Waals surface area contributed by atoms with E-state index in [1.54, 1.807) is 6.07 Å². The predicted molar refractivity (Wildman–Crippen MR) is 133 cm³/mol. The first-order valence-corrected chi connectivity index (χ1v) is 10.2. The van der Waals surface area contributed by atoms with Crippen molar-refractivity contribution in [1.29, 1.82) is 0 Å². The summed E-state index contributed by atoms with van der Waals surface area (Å²) in [6.45, 7) is 6.14. The minimum atomic E-state index is -0.152. The number of aliphatic imine (C=N–C) groups is 1. The average Bonchev–Trinajstić information content (AvgIpc) is 2.72. The molecule has 1 fully saturated rings. The summed E-state index contributed by atoms with van der Waals surface area (Å²) in [6.07, 6.45) is 0. The lowest BCUT2D eigenvalue weighted by molar-refractivity contribution is 0.172. The SMILES string of the molecule is CN=C(NCc1ccc(F)c(CN(C)C)c1)N1CCN(Cc2ccccc2)CC1.I. The summed E-state index contributed by atoms with van der Waals surface area (Å²) in [5.74, 6) is 0.754. The second kappa shape index (κ2) is 12.2. The van der Waals surface area contributed by atoms with Crippen molar-refractivity contribution in [3.8, 4) is 0 Å². The third-order valence-corrected chi connectivity index (χ3v) is 5.18. The van der Waals surface area contributed by atoms with Crippen LogP contribution >= 0.6 is 24.0 Å². The van der Waals surface area contributed by atoms with Gasteiger partial charge in [0.2, 0.25) is 0 Å². The van der Waals surface area contributed by atoms with Gasteiger partial charge in [0.25, 0.3) is 0 Å². The molecule has 5 nitrogen and oxygen atoms in total. The smallest absolute Gasteiger partial charge is 0.194 e. The summed E-state index contributed by atoms with van der Waals surface area (Å²) >= 11 is 0. The molecule has 30 heavy (non-hydrogen) atoms. The van der Waals surface area contributed by atoms with E-state index in [4.69, 9.17) is 0 Å². The Morgan fingerprint density at radius 1 is 1.03 bits per heavy atom. The van der Waals surface area contributed by atoms with E-state index in [9.17, 15) is 4.39 Å². The Bertz CT molecular complexity index is 804. The third kappa shape index (κ3) is 7.21. The molecule has 1 N–H and O–H groups in total. The van der Waals surface area contributed by atoms with Gasteiger partial charge in [0.1, 0.15) is 5.82 Å². The van der Waals surface area contributed by atoms with Gasteiger partial charge in [-0.05, 0) is 37.4 Å². The van der Waals surface area contributed by atoms with Crippen molar-refractivity contribution in [1.82, 2.24) is 20.0 Å². The van der Waals surface area contributed by atoms with Gasteiger partial charge < -0.3 is 15.1 Å². The lowest BCUT2D eigenvalue weighted by atomic mass is 10.1. The van der Waals surface area contributed by atoms with Crippen LogP contribution in [0.1, 0.15) is 16.7 Å². The molecular formula is C23H33FIN5. The molecule has 0 amide bonds. The molecule has 0 spiro atoms. The summed E-state index contributed by atoms with van der Waals surface area (Å²) in [6, 6.07) is 15.9. The molecule has 1 saturated heterocycles. The zero-order chi connectivity index (χ0) is 20.6. The molecular weight excluding hydrogens is 492 g/mol. The van der Waals surface area contributed by atoms with Gasteiger partial charge in [-0.3, -0.25) is 9.89 Å². The first-order chi connectivity index (χ1) is 14.0. The minimum absolute atomic E-state index is 0. The molecule has 2 aromatic carbocycles. The molecule has 7 heteroatoms. The van der Waals surface area contributed by atoms with E-state index in [1.807, 2.05) is 38.2 Å².